The first kappa shape index (κ1) is 20.5. The largest absolute Gasteiger partial charge is 0.315 e. The van der Waals surface area contributed by atoms with Gasteiger partial charge in [-0.25, -0.2) is 0 Å². The summed E-state index contributed by atoms with van der Waals surface area (Å²) < 4.78 is 19.4. The van der Waals surface area contributed by atoms with E-state index in [9.17, 15) is 4.57 Å². The van der Waals surface area contributed by atoms with E-state index in [2.05, 4.69) is 37.6 Å². The molecular weight excluding hydrogens is 315 g/mol. The van der Waals surface area contributed by atoms with Crippen molar-refractivity contribution in [1.82, 2.24) is 9.80 Å². The minimum Gasteiger partial charge on any atom is -0.315 e. The van der Waals surface area contributed by atoms with E-state index in [1.165, 1.54) is 0 Å². The third-order valence-electron chi connectivity index (χ3n) is 4.14. The molecule has 1 aliphatic heterocycles. The molecule has 6 heteroatoms. The van der Waals surface area contributed by atoms with Crippen molar-refractivity contribution in [3.63, 3.8) is 0 Å². The number of piperazine rings is 1. The van der Waals surface area contributed by atoms with Crippen LogP contribution in [0.5, 0.6) is 0 Å². The first-order valence-corrected chi connectivity index (χ1v) is 11.7. The minimum absolute atomic E-state index is 0.0872. The maximum atomic E-state index is 13.4. The molecule has 2 unspecified atom stereocenters. The van der Waals surface area contributed by atoms with Gasteiger partial charge in [0.25, 0.3) is 6.57 Å². The van der Waals surface area contributed by atoms with Crippen molar-refractivity contribution in [3.8, 4) is 0 Å². The lowest BCUT2D eigenvalue weighted by Gasteiger charge is -2.34. The van der Waals surface area contributed by atoms with E-state index in [0.717, 1.165) is 38.5 Å². The van der Waals surface area contributed by atoms with Gasteiger partial charge in [-0.05, 0) is 33.7 Å². The number of likely N-dealkylation sites (N-methyl/N-ethyl adjacent to an activating group) is 1. The van der Waals surface area contributed by atoms with Crippen LogP contribution in [0.2, 0.25) is 0 Å². The summed E-state index contributed by atoms with van der Waals surface area (Å²) in [6.45, 7) is 15.1. The molecule has 0 radical (unpaired) electrons. The van der Waals surface area contributed by atoms with Crippen LogP contribution in [0.4, 0.5) is 0 Å². The van der Waals surface area contributed by atoms with Crippen LogP contribution in [0.15, 0.2) is 0 Å². The molecule has 1 heterocycles. The maximum Gasteiger partial charge on any atom is 0.261 e. The Balaban J connectivity index is 2.56. The van der Waals surface area contributed by atoms with Crippen LogP contribution in [0.25, 0.3) is 0 Å². The molecule has 0 aromatic rings. The van der Waals surface area contributed by atoms with Crippen molar-refractivity contribution in [3.05, 3.63) is 0 Å². The van der Waals surface area contributed by atoms with Gasteiger partial charge >= 0.3 is 0 Å². The Labute approximate surface area is 141 Å². The zero-order valence-corrected chi connectivity index (χ0v) is 17.2. The Hall–Kier alpha value is 0.460. The highest BCUT2D eigenvalue weighted by Gasteiger charge is 2.37. The molecule has 1 fully saturated rings. The molecule has 1 rings (SSSR count). The van der Waals surface area contributed by atoms with Gasteiger partial charge in [0.2, 0.25) is 0 Å². The van der Waals surface area contributed by atoms with Gasteiger partial charge in [-0.3, -0.25) is 9.46 Å². The third-order valence-corrected chi connectivity index (χ3v) is 10.1. The zero-order chi connectivity index (χ0) is 17.0. The standard InChI is InChI=1S/C16H35N2O2PS/c1-14(2)15(3)21(19,20-16(4,5)6)22-13-12-18-10-8-17(7)9-11-18/h14-15H,8-13H2,1-7H3. The van der Waals surface area contributed by atoms with Gasteiger partial charge in [-0.2, -0.15) is 0 Å². The van der Waals surface area contributed by atoms with Crippen molar-refractivity contribution >= 4 is 18.0 Å². The average Bonchev–Trinajstić information content (AvgIpc) is 2.38. The molecule has 2 atom stereocenters. The molecule has 22 heavy (non-hydrogen) atoms. The number of hydrogen-bond donors (Lipinski definition) is 0. The SMILES string of the molecule is CC(C)C(C)P(=O)(OC(C)(C)C)SCCN1CCN(C)CC1. The summed E-state index contributed by atoms with van der Waals surface area (Å²) in [6, 6.07) is 0. The van der Waals surface area contributed by atoms with Crippen LogP contribution in [0.3, 0.4) is 0 Å². The predicted octanol–water partition coefficient (Wildman–Crippen LogP) is 4.02. The summed E-state index contributed by atoms with van der Waals surface area (Å²) in [6.07, 6.45) is 0. The van der Waals surface area contributed by atoms with Gasteiger partial charge in [0, 0.05) is 44.1 Å². The van der Waals surface area contributed by atoms with Crippen LogP contribution in [-0.4, -0.2) is 66.6 Å². The molecule has 0 aliphatic carbocycles. The first-order chi connectivity index (χ1) is 10.0. The molecule has 0 amide bonds. The summed E-state index contributed by atoms with van der Waals surface area (Å²) in [4.78, 5) is 4.83. The van der Waals surface area contributed by atoms with Crippen LogP contribution in [0.1, 0.15) is 41.5 Å². The molecule has 4 nitrogen and oxygen atoms in total. The lowest BCUT2D eigenvalue weighted by atomic mass is 10.2. The summed E-state index contributed by atoms with van der Waals surface area (Å²) in [7, 11) is 2.17. The Bertz CT molecular complexity index is 377. The predicted molar refractivity (Wildman–Crippen MR) is 99.1 cm³/mol. The molecule has 0 aromatic heterocycles. The fourth-order valence-corrected chi connectivity index (χ4v) is 8.16. The second-order valence-corrected chi connectivity index (χ2v) is 12.8. The zero-order valence-electron chi connectivity index (χ0n) is 15.5. The summed E-state index contributed by atoms with van der Waals surface area (Å²) >= 11 is 1.56. The molecule has 1 saturated heterocycles. The van der Waals surface area contributed by atoms with Crippen LogP contribution in [-0.2, 0) is 9.09 Å². The second kappa shape index (κ2) is 8.53. The van der Waals surface area contributed by atoms with E-state index < -0.39 is 6.57 Å². The van der Waals surface area contributed by atoms with Crippen molar-refractivity contribution in [2.75, 3.05) is 45.5 Å². The van der Waals surface area contributed by atoms with E-state index in [4.69, 9.17) is 4.52 Å². The highest BCUT2D eigenvalue weighted by molar-refractivity contribution is 8.56. The van der Waals surface area contributed by atoms with Gasteiger partial charge < -0.3 is 9.42 Å². The van der Waals surface area contributed by atoms with E-state index in [1.807, 2.05) is 20.8 Å². The highest BCUT2D eigenvalue weighted by Crippen LogP contribution is 2.66. The second-order valence-electron chi connectivity index (χ2n) is 7.71. The minimum atomic E-state index is -2.69. The lowest BCUT2D eigenvalue weighted by Crippen LogP contribution is -2.45. The van der Waals surface area contributed by atoms with Gasteiger partial charge in [-0.1, -0.05) is 32.2 Å². The van der Waals surface area contributed by atoms with E-state index >= 15 is 0 Å². The fraction of sp³-hybridized carbons (Fsp3) is 1.00. The normalized spacial score (nSPS) is 22.7. The van der Waals surface area contributed by atoms with Gasteiger partial charge in [0.1, 0.15) is 0 Å². The average molecular weight is 351 g/mol. The Morgan fingerprint density at radius 1 is 1.14 bits per heavy atom. The van der Waals surface area contributed by atoms with Crippen molar-refractivity contribution in [2.45, 2.75) is 52.8 Å². The van der Waals surface area contributed by atoms with E-state index in [0.29, 0.717) is 5.92 Å². The van der Waals surface area contributed by atoms with E-state index in [-0.39, 0.29) is 11.3 Å². The summed E-state index contributed by atoms with van der Waals surface area (Å²) in [5.41, 5.74) is -0.274. The molecule has 1 aliphatic rings. The van der Waals surface area contributed by atoms with Crippen molar-refractivity contribution in [2.24, 2.45) is 5.92 Å². The van der Waals surface area contributed by atoms with Crippen molar-refractivity contribution < 1.29 is 9.09 Å². The first-order valence-electron chi connectivity index (χ1n) is 8.39. The smallest absolute Gasteiger partial charge is 0.261 e. The fourth-order valence-electron chi connectivity index (χ4n) is 2.34. The molecule has 0 N–H and O–H groups in total. The molecule has 0 bridgehead atoms. The molecule has 0 aromatic carbocycles. The summed E-state index contributed by atoms with van der Waals surface area (Å²) in [5.74, 6) is 1.25. The highest BCUT2D eigenvalue weighted by atomic mass is 32.7. The molecule has 0 saturated carbocycles. The molecular formula is C16H35N2O2PS. The van der Waals surface area contributed by atoms with Crippen LogP contribution < -0.4 is 0 Å². The van der Waals surface area contributed by atoms with Gasteiger partial charge in [-0.15, -0.1) is 0 Å². The maximum absolute atomic E-state index is 13.4. The number of rotatable bonds is 7. The van der Waals surface area contributed by atoms with Crippen molar-refractivity contribution in [1.29, 1.82) is 0 Å². The Kier molecular flexibility index (Phi) is 7.95. The number of hydrogen-bond acceptors (Lipinski definition) is 5. The topological polar surface area (TPSA) is 32.8 Å². The molecule has 132 valence electrons. The van der Waals surface area contributed by atoms with Crippen LogP contribution >= 0.6 is 18.0 Å². The quantitative estimate of drug-likeness (QED) is 0.648. The van der Waals surface area contributed by atoms with Gasteiger partial charge in [0.05, 0.1) is 5.60 Å². The third kappa shape index (κ3) is 6.92. The Morgan fingerprint density at radius 3 is 2.14 bits per heavy atom. The Morgan fingerprint density at radius 2 is 1.68 bits per heavy atom. The van der Waals surface area contributed by atoms with Gasteiger partial charge in [0.15, 0.2) is 0 Å². The summed E-state index contributed by atoms with van der Waals surface area (Å²) in [5, 5.41) is 0. The number of nitrogens with zero attached hydrogens (tertiary/aromatic N) is 2. The molecule has 0 spiro atoms. The van der Waals surface area contributed by atoms with Crippen LogP contribution in [0, 0.1) is 5.92 Å². The lowest BCUT2D eigenvalue weighted by molar-refractivity contribution is 0.137. The monoisotopic (exact) mass is 350 g/mol. The van der Waals surface area contributed by atoms with E-state index in [1.54, 1.807) is 11.4 Å².